The second-order valence-electron chi connectivity index (χ2n) is 3.55. The molecule has 10 heavy (non-hydrogen) atoms. The number of hydrogen-bond donors (Lipinski definition) is 1. The summed E-state index contributed by atoms with van der Waals surface area (Å²) in [6.07, 6.45) is 0. The molecule has 1 unspecified atom stereocenters. The Balaban J connectivity index is 3.81. The summed E-state index contributed by atoms with van der Waals surface area (Å²) in [6, 6.07) is 0. The Kier molecular flexibility index (Phi) is 4.37. The molecule has 1 nitrogen and oxygen atoms in total. The number of thioether (sulfide) groups is 1. The molecule has 0 fully saturated rings. The summed E-state index contributed by atoms with van der Waals surface area (Å²) in [5.41, 5.74) is 5.98. The van der Waals surface area contributed by atoms with Gasteiger partial charge in [-0.3, -0.25) is 0 Å². The molecule has 1 atom stereocenters. The minimum atomic E-state index is 0.357. The van der Waals surface area contributed by atoms with Gasteiger partial charge in [0.15, 0.2) is 0 Å². The first-order valence-electron chi connectivity index (χ1n) is 3.84. The van der Waals surface area contributed by atoms with Crippen molar-refractivity contribution >= 4 is 11.8 Å². The monoisotopic (exact) mass is 161 g/mol. The van der Waals surface area contributed by atoms with Crippen molar-refractivity contribution in [3.8, 4) is 0 Å². The third-order valence-electron chi connectivity index (χ3n) is 1.55. The normalized spacial score (nSPS) is 15.3. The van der Waals surface area contributed by atoms with E-state index in [9.17, 15) is 0 Å². The molecule has 0 aliphatic rings. The molecule has 62 valence electrons. The van der Waals surface area contributed by atoms with E-state index in [1.54, 1.807) is 0 Å². The lowest BCUT2D eigenvalue weighted by molar-refractivity contribution is 0.398. The minimum absolute atomic E-state index is 0.357. The van der Waals surface area contributed by atoms with E-state index >= 15 is 0 Å². The summed E-state index contributed by atoms with van der Waals surface area (Å²) in [5.74, 6) is 1.17. The first kappa shape index (κ1) is 10.3. The summed E-state index contributed by atoms with van der Waals surface area (Å²) < 4.78 is 0. The minimum Gasteiger partial charge on any atom is -0.329 e. The van der Waals surface area contributed by atoms with E-state index in [-0.39, 0.29) is 0 Å². The lowest BCUT2D eigenvalue weighted by atomic mass is 9.92. The topological polar surface area (TPSA) is 26.0 Å². The molecule has 0 aliphatic carbocycles. The highest BCUT2D eigenvalue weighted by molar-refractivity contribution is 7.99. The molecule has 0 rings (SSSR count). The van der Waals surface area contributed by atoms with E-state index in [0.29, 0.717) is 10.7 Å². The summed E-state index contributed by atoms with van der Waals surface area (Å²) in [5, 5.41) is 0.609. The molecule has 0 saturated heterocycles. The predicted octanol–water partition coefficient (Wildman–Crippen LogP) is 2.11. The third kappa shape index (κ3) is 3.47. The van der Waals surface area contributed by atoms with Gasteiger partial charge in [-0.05, 0) is 11.2 Å². The van der Waals surface area contributed by atoms with Crippen LogP contribution in [0.3, 0.4) is 0 Å². The Morgan fingerprint density at radius 2 is 1.90 bits per heavy atom. The van der Waals surface area contributed by atoms with Crippen molar-refractivity contribution in [2.45, 2.75) is 32.9 Å². The first-order valence-corrected chi connectivity index (χ1v) is 4.89. The molecular weight excluding hydrogens is 142 g/mol. The van der Waals surface area contributed by atoms with Crippen LogP contribution in [0.25, 0.3) is 0 Å². The van der Waals surface area contributed by atoms with Crippen molar-refractivity contribution in [1.82, 2.24) is 0 Å². The molecule has 2 heteroatoms. The van der Waals surface area contributed by atoms with Crippen LogP contribution in [0, 0.1) is 5.41 Å². The molecule has 0 aromatic heterocycles. The van der Waals surface area contributed by atoms with Crippen molar-refractivity contribution in [1.29, 1.82) is 0 Å². The van der Waals surface area contributed by atoms with Gasteiger partial charge in [0, 0.05) is 11.8 Å². The summed E-state index contributed by atoms with van der Waals surface area (Å²) in [4.78, 5) is 0. The van der Waals surface area contributed by atoms with Crippen molar-refractivity contribution in [2.24, 2.45) is 11.1 Å². The lowest BCUT2D eigenvalue weighted by Gasteiger charge is -2.28. The van der Waals surface area contributed by atoms with Crippen LogP contribution in [-0.4, -0.2) is 17.5 Å². The Labute approximate surface area is 68.8 Å². The molecule has 0 spiro atoms. The molecule has 0 aliphatic heterocycles. The quantitative estimate of drug-likeness (QED) is 0.686. The van der Waals surface area contributed by atoms with Crippen LogP contribution in [0.4, 0.5) is 0 Å². The smallest absolute Gasteiger partial charge is 0.0218 e. The van der Waals surface area contributed by atoms with Crippen LogP contribution in [0.1, 0.15) is 27.7 Å². The highest BCUT2D eigenvalue weighted by Gasteiger charge is 2.22. The van der Waals surface area contributed by atoms with E-state index < -0.39 is 0 Å². The fourth-order valence-corrected chi connectivity index (χ4v) is 1.91. The zero-order valence-corrected chi connectivity index (χ0v) is 8.29. The fourth-order valence-electron chi connectivity index (χ4n) is 0.873. The number of rotatable bonds is 3. The Morgan fingerprint density at radius 1 is 1.40 bits per heavy atom. The maximum Gasteiger partial charge on any atom is 0.0218 e. The first-order chi connectivity index (χ1) is 4.52. The highest BCUT2D eigenvalue weighted by atomic mass is 32.2. The standard InChI is InChI=1S/C8H19NS/c1-5-10-7(6-9)8(2,3)4/h7H,5-6,9H2,1-4H3. The van der Waals surface area contributed by atoms with Gasteiger partial charge < -0.3 is 5.73 Å². The zero-order valence-electron chi connectivity index (χ0n) is 7.48. The van der Waals surface area contributed by atoms with E-state index in [2.05, 4.69) is 27.7 Å². The third-order valence-corrected chi connectivity index (χ3v) is 3.18. The lowest BCUT2D eigenvalue weighted by Crippen LogP contribution is -2.31. The van der Waals surface area contributed by atoms with Gasteiger partial charge in [-0.2, -0.15) is 11.8 Å². The average Bonchev–Trinajstić information content (AvgIpc) is 1.80. The SMILES string of the molecule is CCSC(CN)C(C)(C)C. The van der Waals surface area contributed by atoms with Crippen LogP contribution in [-0.2, 0) is 0 Å². The van der Waals surface area contributed by atoms with Crippen LogP contribution in [0.5, 0.6) is 0 Å². The second kappa shape index (κ2) is 4.24. The number of hydrogen-bond acceptors (Lipinski definition) is 2. The van der Waals surface area contributed by atoms with Gasteiger partial charge in [0.1, 0.15) is 0 Å². The molecule has 0 aromatic carbocycles. The van der Waals surface area contributed by atoms with Crippen LogP contribution in [0.15, 0.2) is 0 Å². The van der Waals surface area contributed by atoms with E-state index in [0.717, 1.165) is 6.54 Å². The molecule has 0 saturated carbocycles. The van der Waals surface area contributed by atoms with E-state index in [4.69, 9.17) is 5.73 Å². The molecule has 0 heterocycles. The average molecular weight is 161 g/mol. The van der Waals surface area contributed by atoms with Gasteiger partial charge in [0.25, 0.3) is 0 Å². The largest absolute Gasteiger partial charge is 0.329 e. The molecule has 0 amide bonds. The summed E-state index contributed by atoms with van der Waals surface area (Å²) in [6.45, 7) is 9.70. The van der Waals surface area contributed by atoms with Gasteiger partial charge in [0.05, 0.1) is 0 Å². The van der Waals surface area contributed by atoms with Crippen molar-refractivity contribution in [3.05, 3.63) is 0 Å². The van der Waals surface area contributed by atoms with E-state index in [1.807, 2.05) is 11.8 Å². The zero-order chi connectivity index (χ0) is 8.20. The van der Waals surface area contributed by atoms with Gasteiger partial charge in [-0.1, -0.05) is 27.7 Å². The molecule has 2 N–H and O–H groups in total. The van der Waals surface area contributed by atoms with Crippen LogP contribution < -0.4 is 5.73 Å². The van der Waals surface area contributed by atoms with Crippen molar-refractivity contribution < 1.29 is 0 Å². The molecule has 0 aromatic rings. The molecule has 0 radical (unpaired) electrons. The van der Waals surface area contributed by atoms with Gasteiger partial charge in [-0.15, -0.1) is 0 Å². The second-order valence-corrected chi connectivity index (χ2v) is 5.03. The highest BCUT2D eigenvalue weighted by Crippen LogP contribution is 2.28. The maximum absolute atomic E-state index is 5.62. The predicted molar refractivity (Wildman–Crippen MR) is 50.4 cm³/mol. The van der Waals surface area contributed by atoms with Crippen LogP contribution >= 0.6 is 11.8 Å². The Hall–Kier alpha value is 0.310. The summed E-state index contributed by atoms with van der Waals surface area (Å²) >= 11 is 1.96. The summed E-state index contributed by atoms with van der Waals surface area (Å²) in [7, 11) is 0. The van der Waals surface area contributed by atoms with Gasteiger partial charge >= 0.3 is 0 Å². The Bertz CT molecular complexity index is 85.7. The molecule has 0 bridgehead atoms. The number of nitrogens with two attached hydrogens (primary N) is 1. The van der Waals surface area contributed by atoms with Crippen LogP contribution in [0.2, 0.25) is 0 Å². The maximum atomic E-state index is 5.62. The van der Waals surface area contributed by atoms with Crippen molar-refractivity contribution in [2.75, 3.05) is 12.3 Å². The molecular formula is C8H19NS. The van der Waals surface area contributed by atoms with Crippen molar-refractivity contribution in [3.63, 3.8) is 0 Å². The Morgan fingerprint density at radius 3 is 2.00 bits per heavy atom. The van der Waals surface area contributed by atoms with Gasteiger partial charge in [0.2, 0.25) is 0 Å². The van der Waals surface area contributed by atoms with E-state index in [1.165, 1.54) is 5.75 Å². The van der Waals surface area contributed by atoms with Gasteiger partial charge in [-0.25, -0.2) is 0 Å². The fraction of sp³-hybridized carbons (Fsp3) is 1.00.